The van der Waals surface area contributed by atoms with Crippen LogP contribution in [0.3, 0.4) is 0 Å². The van der Waals surface area contributed by atoms with E-state index in [9.17, 15) is 8.42 Å². The minimum atomic E-state index is -3.83. The van der Waals surface area contributed by atoms with E-state index in [2.05, 4.69) is 36.0 Å². The van der Waals surface area contributed by atoms with Crippen LogP contribution in [0.25, 0.3) is 5.69 Å². The Balaban J connectivity index is 1.57. The van der Waals surface area contributed by atoms with Gasteiger partial charge in [0.2, 0.25) is 10.0 Å². The predicted octanol–water partition coefficient (Wildman–Crippen LogP) is 3.84. The number of nitrogens with zero attached hydrogens (tertiary/aromatic N) is 6. The van der Waals surface area contributed by atoms with Gasteiger partial charge in [0.05, 0.1) is 16.3 Å². The lowest BCUT2D eigenvalue weighted by Crippen LogP contribution is -2.48. The van der Waals surface area contributed by atoms with Crippen molar-refractivity contribution in [1.29, 1.82) is 0 Å². The van der Waals surface area contributed by atoms with Crippen LogP contribution in [0.15, 0.2) is 62.9 Å². The molecule has 1 aromatic heterocycles. The maximum Gasteiger partial charge on any atom is 0.246 e. The highest BCUT2D eigenvalue weighted by molar-refractivity contribution is 9.10. The molecule has 0 spiro atoms. The molecule has 2 aliphatic heterocycles. The van der Waals surface area contributed by atoms with Gasteiger partial charge < -0.3 is 0 Å². The fraction of sp³-hybridized carbons (Fsp3) is 0.348. The Morgan fingerprint density at radius 2 is 1.61 bits per heavy atom. The van der Waals surface area contributed by atoms with E-state index >= 15 is 0 Å². The molecule has 0 aliphatic carbocycles. The molecule has 1 saturated heterocycles. The normalized spacial score (nSPS) is 21.8. The van der Waals surface area contributed by atoms with Crippen molar-refractivity contribution in [3.63, 3.8) is 0 Å². The van der Waals surface area contributed by atoms with Crippen LogP contribution in [-0.2, 0) is 10.0 Å². The van der Waals surface area contributed by atoms with E-state index in [0.29, 0.717) is 11.4 Å². The molecule has 3 aromatic rings. The summed E-state index contributed by atoms with van der Waals surface area (Å²) >= 11 is 3.44. The fourth-order valence-electron chi connectivity index (χ4n) is 4.31. The Bertz CT molecular complexity index is 1280. The molecular formula is C23H25BrN6O2S. The summed E-state index contributed by atoms with van der Waals surface area (Å²) in [4.78, 5) is 8.62. The Morgan fingerprint density at radius 1 is 0.939 bits per heavy atom. The Morgan fingerprint density at radius 3 is 2.27 bits per heavy atom. The zero-order chi connectivity index (χ0) is 23.2. The molecule has 2 aromatic carbocycles. The van der Waals surface area contributed by atoms with Gasteiger partial charge in [-0.3, -0.25) is 9.89 Å². The van der Waals surface area contributed by atoms with Gasteiger partial charge in [0, 0.05) is 23.8 Å². The summed E-state index contributed by atoms with van der Waals surface area (Å²) in [5.41, 5.74) is 2.98. The number of benzene rings is 2. The van der Waals surface area contributed by atoms with Gasteiger partial charge in [0.25, 0.3) is 0 Å². The standard InChI is InChI=1S/C23H25BrN6O2S/c1-16-5-11-20(12-6-16)33(31,32)29-21(28-13-3-4-14-28)15-25-23(29)22-17(2)26-30(27-22)19-9-7-18(24)8-10-19/h5-12,15,21,23H,3-4,13-14H2,1-2H3. The zero-order valence-corrected chi connectivity index (χ0v) is 20.9. The molecule has 1 fully saturated rings. The van der Waals surface area contributed by atoms with Crippen molar-refractivity contribution in [2.45, 2.75) is 43.9 Å². The number of likely N-dealkylation sites (tertiary alicyclic amines) is 1. The average molecular weight is 529 g/mol. The van der Waals surface area contributed by atoms with Gasteiger partial charge in [-0.25, -0.2) is 8.42 Å². The van der Waals surface area contributed by atoms with Gasteiger partial charge in [-0.15, -0.1) is 9.40 Å². The summed E-state index contributed by atoms with van der Waals surface area (Å²) in [7, 11) is -3.83. The minimum absolute atomic E-state index is 0.255. The first-order valence-corrected chi connectivity index (χ1v) is 13.2. The van der Waals surface area contributed by atoms with Crippen LogP contribution in [0.4, 0.5) is 0 Å². The Labute approximate surface area is 202 Å². The first-order chi connectivity index (χ1) is 15.8. The molecule has 3 heterocycles. The van der Waals surface area contributed by atoms with Crippen LogP contribution in [0.2, 0.25) is 0 Å². The lowest BCUT2D eigenvalue weighted by molar-refractivity contribution is 0.169. The molecule has 0 bridgehead atoms. The number of hydrogen-bond acceptors (Lipinski definition) is 6. The van der Waals surface area contributed by atoms with E-state index in [0.717, 1.165) is 41.7 Å². The minimum Gasteiger partial charge on any atom is -0.282 e. The predicted molar refractivity (Wildman–Crippen MR) is 130 cm³/mol. The van der Waals surface area contributed by atoms with Crippen molar-refractivity contribution in [2.24, 2.45) is 4.99 Å². The molecule has 2 atom stereocenters. The molecular weight excluding hydrogens is 504 g/mol. The van der Waals surface area contributed by atoms with E-state index in [4.69, 9.17) is 0 Å². The number of aliphatic imine (C=N–C) groups is 1. The third-order valence-electron chi connectivity index (χ3n) is 6.09. The van der Waals surface area contributed by atoms with E-state index < -0.39 is 22.4 Å². The maximum absolute atomic E-state index is 13.9. The van der Waals surface area contributed by atoms with E-state index in [-0.39, 0.29) is 4.90 Å². The fourth-order valence-corrected chi connectivity index (χ4v) is 6.19. The van der Waals surface area contributed by atoms with Crippen LogP contribution < -0.4 is 0 Å². The van der Waals surface area contributed by atoms with Gasteiger partial charge in [-0.2, -0.15) is 9.90 Å². The van der Waals surface area contributed by atoms with Gasteiger partial charge in [0.1, 0.15) is 11.9 Å². The van der Waals surface area contributed by atoms with E-state index in [1.807, 2.05) is 50.2 Å². The number of aryl methyl sites for hydroxylation is 2. The molecule has 33 heavy (non-hydrogen) atoms. The van der Waals surface area contributed by atoms with Crippen LogP contribution in [0.1, 0.15) is 36.0 Å². The van der Waals surface area contributed by atoms with Crippen LogP contribution in [0, 0.1) is 13.8 Å². The van der Waals surface area contributed by atoms with Crippen LogP contribution in [0.5, 0.6) is 0 Å². The van der Waals surface area contributed by atoms with Crippen molar-refractivity contribution in [3.05, 3.63) is 70.0 Å². The quantitative estimate of drug-likeness (QED) is 0.502. The summed E-state index contributed by atoms with van der Waals surface area (Å²) in [6.07, 6.45) is 2.63. The summed E-state index contributed by atoms with van der Waals surface area (Å²) in [6.45, 7) is 5.46. The maximum atomic E-state index is 13.9. The number of aromatic nitrogens is 3. The Kier molecular flexibility index (Phi) is 5.94. The van der Waals surface area contributed by atoms with Gasteiger partial charge >= 0.3 is 0 Å². The molecule has 0 radical (unpaired) electrons. The lowest BCUT2D eigenvalue weighted by atomic mass is 10.2. The summed E-state index contributed by atoms with van der Waals surface area (Å²) in [5, 5.41) is 9.24. The molecule has 5 rings (SSSR count). The second-order valence-electron chi connectivity index (χ2n) is 8.41. The molecule has 172 valence electrons. The summed E-state index contributed by atoms with van der Waals surface area (Å²) in [5.74, 6) is 0. The monoisotopic (exact) mass is 528 g/mol. The summed E-state index contributed by atoms with van der Waals surface area (Å²) < 4.78 is 30.2. The highest BCUT2D eigenvalue weighted by atomic mass is 79.9. The van der Waals surface area contributed by atoms with Gasteiger partial charge in [-0.05, 0) is 63.1 Å². The zero-order valence-electron chi connectivity index (χ0n) is 18.5. The second kappa shape index (κ2) is 8.75. The van der Waals surface area contributed by atoms with E-state index in [1.165, 1.54) is 9.10 Å². The molecule has 8 nitrogen and oxygen atoms in total. The smallest absolute Gasteiger partial charge is 0.246 e. The second-order valence-corrected chi connectivity index (χ2v) is 11.2. The Hall–Kier alpha value is -2.40. The molecule has 2 aliphatic rings. The number of hydrogen-bond donors (Lipinski definition) is 0. The first kappa shape index (κ1) is 22.4. The highest BCUT2D eigenvalue weighted by Crippen LogP contribution is 2.36. The average Bonchev–Trinajstić information content (AvgIpc) is 3.54. The third kappa shape index (κ3) is 4.16. The van der Waals surface area contributed by atoms with E-state index in [1.54, 1.807) is 18.3 Å². The van der Waals surface area contributed by atoms with Crippen LogP contribution >= 0.6 is 15.9 Å². The topological polar surface area (TPSA) is 83.7 Å². The molecule has 0 amide bonds. The van der Waals surface area contributed by atoms with Crippen molar-refractivity contribution in [1.82, 2.24) is 24.2 Å². The summed E-state index contributed by atoms with van der Waals surface area (Å²) in [6, 6.07) is 14.6. The molecule has 0 saturated carbocycles. The van der Waals surface area contributed by atoms with Crippen LogP contribution in [-0.4, -0.2) is 58.1 Å². The van der Waals surface area contributed by atoms with Crippen molar-refractivity contribution >= 4 is 32.2 Å². The third-order valence-corrected chi connectivity index (χ3v) is 8.46. The number of rotatable bonds is 5. The highest BCUT2D eigenvalue weighted by Gasteiger charge is 2.45. The first-order valence-electron chi connectivity index (χ1n) is 10.9. The number of sulfonamides is 1. The SMILES string of the molecule is Cc1ccc(S(=O)(=O)N2C(c3nn(-c4ccc(Br)cc4)nc3C)N=CC2N2CCCC2)cc1. The van der Waals surface area contributed by atoms with Crippen molar-refractivity contribution < 1.29 is 8.42 Å². The molecule has 2 unspecified atom stereocenters. The number of halogens is 1. The van der Waals surface area contributed by atoms with Gasteiger partial charge in [0.15, 0.2) is 6.17 Å². The van der Waals surface area contributed by atoms with Crippen molar-refractivity contribution in [3.8, 4) is 5.69 Å². The van der Waals surface area contributed by atoms with Crippen molar-refractivity contribution in [2.75, 3.05) is 13.1 Å². The molecule has 10 heteroatoms. The lowest BCUT2D eigenvalue weighted by Gasteiger charge is -2.32. The molecule has 0 N–H and O–H groups in total. The largest absolute Gasteiger partial charge is 0.282 e. The van der Waals surface area contributed by atoms with Gasteiger partial charge in [-0.1, -0.05) is 33.6 Å².